The van der Waals surface area contributed by atoms with Gasteiger partial charge in [-0.05, 0) is 13.0 Å². The van der Waals surface area contributed by atoms with E-state index in [1.54, 1.807) is 10.9 Å². The average Bonchev–Trinajstić information content (AvgIpc) is 2.80. The Morgan fingerprint density at radius 3 is 2.74 bits per heavy atom. The summed E-state index contributed by atoms with van der Waals surface area (Å²) in [7, 11) is 0. The second-order valence-corrected chi connectivity index (χ2v) is 3.82. The molecule has 5 nitrogen and oxygen atoms in total. The van der Waals surface area contributed by atoms with Crippen LogP contribution in [0.4, 0.5) is 13.2 Å². The van der Waals surface area contributed by atoms with Crippen molar-refractivity contribution in [3.8, 4) is 0 Å². The Morgan fingerprint density at radius 1 is 1.37 bits per heavy atom. The van der Waals surface area contributed by atoms with Crippen molar-refractivity contribution in [2.75, 3.05) is 19.6 Å². The van der Waals surface area contributed by atoms with Crippen LogP contribution in [0.3, 0.4) is 0 Å². The lowest BCUT2D eigenvalue weighted by Crippen LogP contribution is -2.39. The van der Waals surface area contributed by atoms with E-state index < -0.39 is 12.6 Å². The number of aromatic nitrogens is 2. The molecule has 1 aromatic heterocycles. The maximum atomic E-state index is 12.0. The number of nitrogens with zero attached hydrogens (tertiary/aromatic N) is 3. The number of hydrogen-bond acceptors (Lipinski definition) is 2. The predicted molar refractivity (Wildman–Crippen MR) is 66.9 cm³/mol. The van der Waals surface area contributed by atoms with E-state index in [4.69, 9.17) is 0 Å². The van der Waals surface area contributed by atoms with Crippen molar-refractivity contribution in [1.29, 1.82) is 0 Å². The Kier molecular flexibility index (Phi) is 6.17. The Labute approximate surface area is 109 Å². The van der Waals surface area contributed by atoms with E-state index in [0.717, 1.165) is 0 Å². The van der Waals surface area contributed by atoms with E-state index in [1.165, 1.54) is 0 Å². The van der Waals surface area contributed by atoms with Crippen molar-refractivity contribution < 1.29 is 13.2 Å². The standard InChI is InChI=1S/C11H18F3N5/c1-2-15-10(16-6-4-11(12,13)14)17-7-9-19-8-3-5-18-19/h3,5,8H,2,4,6-7,9H2,1H3,(H2,15,16,17). The predicted octanol–water partition coefficient (Wildman–Crippen LogP) is 1.39. The maximum Gasteiger partial charge on any atom is 0.390 e. The van der Waals surface area contributed by atoms with Crippen molar-refractivity contribution >= 4 is 5.96 Å². The Morgan fingerprint density at radius 2 is 2.16 bits per heavy atom. The van der Waals surface area contributed by atoms with E-state index >= 15 is 0 Å². The van der Waals surface area contributed by atoms with Crippen molar-refractivity contribution in [3.63, 3.8) is 0 Å². The van der Waals surface area contributed by atoms with Crippen LogP contribution in [0, 0.1) is 0 Å². The highest BCUT2D eigenvalue weighted by Gasteiger charge is 2.26. The molecule has 8 heteroatoms. The second-order valence-electron chi connectivity index (χ2n) is 3.82. The Balaban J connectivity index is 2.32. The summed E-state index contributed by atoms with van der Waals surface area (Å²) in [6.45, 7) is 3.34. The topological polar surface area (TPSA) is 54.2 Å². The third kappa shape index (κ3) is 7.32. The summed E-state index contributed by atoms with van der Waals surface area (Å²) in [6.07, 6.45) is -1.60. The molecule has 0 unspecified atom stereocenters. The average molecular weight is 277 g/mol. The fourth-order valence-electron chi connectivity index (χ4n) is 1.36. The van der Waals surface area contributed by atoms with Crippen LogP contribution in [0.1, 0.15) is 13.3 Å². The number of guanidine groups is 1. The first-order valence-electron chi connectivity index (χ1n) is 6.07. The normalized spacial score (nSPS) is 12.5. The van der Waals surface area contributed by atoms with Crippen LogP contribution in [0.25, 0.3) is 0 Å². The van der Waals surface area contributed by atoms with Crippen LogP contribution < -0.4 is 10.6 Å². The van der Waals surface area contributed by atoms with Crippen LogP contribution in [0.5, 0.6) is 0 Å². The zero-order valence-corrected chi connectivity index (χ0v) is 10.7. The third-order valence-corrected chi connectivity index (χ3v) is 2.20. The van der Waals surface area contributed by atoms with Gasteiger partial charge < -0.3 is 10.6 Å². The first kappa shape index (κ1) is 15.3. The maximum absolute atomic E-state index is 12.0. The van der Waals surface area contributed by atoms with Gasteiger partial charge in [-0.2, -0.15) is 18.3 Å². The summed E-state index contributed by atoms with van der Waals surface area (Å²) in [5.74, 6) is 0.388. The smallest absolute Gasteiger partial charge is 0.357 e. The van der Waals surface area contributed by atoms with Crippen molar-refractivity contribution in [2.24, 2.45) is 4.99 Å². The molecule has 1 rings (SSSR count). The first-order valence-corrected chi connectivity index (χ1v) is 6.07. The summed E-state index contributed by atoms with van der Waals surface area (Å²) in [4.78, 5) is 3.86. The monoisotopic (exact) mass is 277 g/mol. The molecular weight excluding hydrogens is 259 g/mol. The zero-order chi connectivity index (χ0) is 14.1. The molecule has 0 saturated heterocycles. The lowest BCUT2D eigenvalue weighted by molar-refractivity contribution is -0.132. The highest BCUT2D eigenvalue weighted by atomic mass is 19.4. The van der Waals surface area contributed by atoms with Crippen LogP contribution in [0.15, 0.2) is 23.5 Å². The number of aliphatic imine (C=N–C) groups is 1. The molecule has 19 heavy (non-hydrogen) atoms. The Bertz CT molecular complexity index is 372. The lowest BCUT2D eigenvalue weighted by Gasteiger charge is -2.11. The molecule has 0 aromatic carbocycles. The van der Waals surface area contributed by atoms with E-state index in [9.17, 15) is 13.2 Å². The molecule has 0 spiro atoms. The van der Waals surface area contributed by atoms with Gasteiger partial charge in [-0.1, -0.05) is 0 Å². The van der Waals surface area contributed by atoms with Gasteiger partial charge in [0.15, 0.2) is 5.96 Å². The number of rotatable bonds is 6. The van der Waals surface area contributed by atoms with Gasteiger partial charge in [-0.3, -0.25) is 9.67 Å². The minimum absolute atomic E-state index is 0.277. The molecule has 0 saturated carbocycles. The summed E-state index contributed by atoms with van der Waals surface area (Å²) in [5, 5.41) is 9.87. The first-order chi connectivity index (χ1) is 9.01. The van der Waals surface area contributed by atoms with Gasteiger partial charge in [0.2, 0.25) is 0 Å². The molecule has 0 amide bonds. The lowest BCUT2D eigenvalue weighted by atomic mass is 10.4. The van der Waals surface area contributed by atoms with Crippen molar-refractivity contribution in [1.82, 2.24) is 20.4 Å². The fourth-order valence-corrected chi connectivity index (χ4v) is 1.36. The Hall–Kier alpha value is -1.73. The number of nitrogens with one attached hydrogen (secondary N) is 2. The molecule has 1 aromatic rings. The van der Waals surface area contributed by atoms with E-state index in [-0.39, 0.29) is 6.54 Å². The van der Waals surface area contributed by atoms with Gasteiger partial charge in [0.25, 0.3) is 0 Å². The quantitative estimate of drug-likeness (QED) is 0.610. The molecule has 2 N–H and O–H groups in total. The molecule has 0 atom stereocenters. The minimum atomic E-state index is -4.17. The third-order valence-electron chi connectivity index (χ3n) is 2.20. The largest absolute Gasteiger partial charge is 0.390 e. The van der Waals surface area contributed by atoms with Gasteiger partial charge in [-0.15, -0.1) is 0 Å². The molecule has 0 fully saturated rings. The molecule has 0 aliphatic heterocycles. The van der Waals surface area contributed by atoms with Gasteiger partial charge in [0, 0.05) is 25.5 Å². The molecule has 108 valence electrons. The van der Waals surface area contributed by atoms with Gasteiger partial charge in [0.1, 0.15) is 0 Å². The summed E-state index contributed by atoms with van der Waals surface area (Å²) < 4.78 is 37.8. The van der Waals surface area contributed by atoms with Crippen LogP contribution in [-0.2, 0) is 6.54 Å². The van der Waals surface area contributed by atoms with E-state index in [1.807, 2.05) is 19.2 Å². The molecule has 0 radical (unpaired) electrons. The number of halogens is 3. The zero-order valence-electron chi connectivity index (χ0n) is 10.7. The van der Waals surface area contributed by atoms with Gasteiger partial charge in [-0.25, -0.2) is 0 Å². The van der Waals surface area contributed by atoms with Crippen LogP contribution in [0.2, 0.25) is 0 Å². The van der Waals surface area contributed by atoms with Crippen molar-refractivity contribution in [3.05, 3.63) is 18.5 Å². The summed E-state index contributed by atoms with van der Waals surface area (Å²) in [5.41, 5.74) is 0. The second kappa shape index (κ2) is 7.65. The van der Waals surface area contributed by atoms with Gasteiger partial charge >= 0.3 is 6.18 Å². The van der Waals surface area contributed by atoms with Crippen LogP contribution in [-0.4, -0.2) is 41.6 Å². The minimum Gasteiger partial charge on any atom is -0.357 e. The highest BCUT2D eigenvalue weighted by Crippen LogP contribution is 2.18. The van der Waals surface area contributed by atoms with Crippen LogP contribution >= 0.6 is 0 Å². The van der Waals surface area contributed by atoms with Crippen molar-refractivity contribution in [2.45, 2.75) is 26.1 Å². The molecule has 0 aliphatic rings. The molecule has 0 bridgehead atoms. The number of alkyl halides is 3. The fraction of sp³-hybridized carbons (Fsp3) is 0.636. The summed E-state index contributed by atoms with van der Waals surface area (Å²) in [6, 6.07) is 1.81. The summed E-state index contributed by atoms with van der Waals surface area (Å²) >= 11 is 0. The van der Waals surface area contributed by atoms with E-state index in [2.05, 4.69) is 20.7 Å². The molecule has 1 heterocycles. The van der Waals surface area contributed by atoms with Gasteiger partial charge in [0.05, 0.1) is 19.5 Å². The highest BCUT2D eigenvalue weighted by molar-refractivity contribution is 5.79. The SMILES string of the molecule is CCNC(=NCCC(F)(F)F)NCCn1cccn1. The van der Waals surface area contributed by atoms with E-state index in [0.29, 0.717) is 25.6 Å². The molecular formula is C11H18F3N5. The molecule has 0 aliphatic carbocycles. The number of hydrogen-bond donors (Lipinski definition) is 2.